The summed E-state index contributed by atoms with van der Waals surface area (Å²) in [5, 5.41) is 0. The second-order valence-electron chi connectivity index (χ2n) is 9.56. The van der Waals surface area contributed by atoms with Gasteiger partial charge in [-0.2, -0.15) is 0 Å². The Labute approximate surface area is 146 Å². The van der Waals surface area contributed by atoms with Crippen LogP contribution in [0.4, 0.5) is 0 Å². The van der Waals surface area contributed by atoms with Gasteiger partial charge in [0.2, 0.25) is 0 Å². The fraction of sp³-hybridized carbons (Fsp3) is 0.950. The van der Waals surface area contributed by atoms with Gasteiger partial charge in [0.25, 0.3) is 0 Å². The summed E-state index contributed by atoms with van der Waals surface area (Å²) >= 11 is 0. The second kappa shape index (κ2) is 5.98. The van der Waals surface area contributed by atoms with Crippen molar-refractivity contribution in [2.45, 2.75) is 109 Å². The van der Waals surface area contributed by atoms with Crippen LogP contribution in [-0.4, -0.2) is 35.0 Å². The molecule has 2 aliphatic heterocycles. The molecule has 0 aromatic carbocycles. The van der Waals surface area contributed by atoms with Gasteiger partial charge in [-0.25, -0.2) is 0 Å². The Morgan fingerprint density at radius 1 is 1.29 bits per heavy atom. The predicted molar refractivity (Wildman–Crippen MR) is 92.8 cm³/mol. The number of fused-ring (bicyclic) bond motifs is 1. The summed E-state index contributed by atoms with van der Waals surface area (Å²) in [6.07, 6.45) is 6.46. The van der Waals surface area contributed by atoms with Gasteiger partial charge in [-0.1, -0.05) is 6.92 Å². The zero-order valence-corrected chi connectivity index (χ0v) is 16.2. The molecule has 1 aliphatic carbocycles. The number of esters is 1. The third-order valence-corrected chi connectivity index (χ3v) is 6.48. The first-order valence-corrected chi connectivity index (χ1v) is 9.59. The van der Waals surface area contributed by atoms with Crippen molar-refractivity contribution >= 4 is 5.97 Å². The molecule has 24 heavy (non-hydrogen) atoms. The van der Waals surface area contributed by atoms with Crippen LogP contribution in [0.5, 0.6) is 0 Å². The summed E-state index contributed by atoms with van der Waals surface area (Å²) in [6, 6.07) is 0. The van der Waals surface area contributed by atoms with Gasteiger partial charge in [0.15, 0.2) is 0 Å². The van der Waals surface area contributed by atoms with E-state index in [9.17, 15) is 4.79 Å². The van der Waals surface area contributed by atoms with E-state index in [1.165, 1.54) is 0 Å². The van der Waals surface area contributed by atoms with E-state index in [1.807, 2.05) is 0 Å². The highest BCUT2D eigenvalue weighted by molar-refractivity contribution is 5.70. The van der Waals surface area contributed by atoms with Crippen molar-refractivity contribution in [2.75, 3.05) is 0 Å². The van der Waals surface area contributed by atoms with Crippen LogP contribution in [0.1, 0.15) is 80.1 Å². The fourth-order valence-corrected chi connectivity index (χ4v) is 4.26. The minimum Gasteiger partial charge on any atom is -0.459 e. The number of hydrogen-bond acceptors (Lipinski definition) is 4. The Hall–Kier alpha value is -0.610. The summed E-state index contributed by atoms with van der Waals surface area (Å²) in [5.41, 5.74) is -0.238. The first kappa shape index (κ1) is 18.2. The van der Waals surface area contributed by atoms with Crippen molar-refractivity contribution in [1.29, 1.82) is 0 Å². The van der Waals surface area contributed by atoms with E-state index >= 15 is 0 Å². The van der Waals surface area contributed by atoms with Gasteiger partial charge < -0.3 is 14.2 Å². The van der Waals surface area contributed by atoms with Crippen molar-refractivity contribution in [3.63, 3.8) is 0 Å². The summed E-state index contributed by atoms with van der Waals surface area (Å²) in [6.45, 7) is 12.7. The molecule has 3 fully saturated rings. The van der Waals surface area contributed by atoms with Crippen LogP contribution < -0.4 is 0 Å². The average molecular weight is 338 g/mol. The van der Waals surface area contributed by atoms with Crippen molar-refractivity contribution in [2.24, 2.45) is 11.8 Å². The van der Waals surface area contributed by atoms with Crippen LogP contribution in [0.25, 0.3) is 0 Å². The molecule has 0 aromatic rings. The smallest absolute Gasteiger partial charge is 0.306 e. The van der Waals surface area contributed by atoms with Crippen LogP contribution in [0.15, 0.2) is 0 Å². The minimum atomic E-state index is -0.397. The summed E-state index contributed by atoms with van der Waals surface area (Å²) in [5.74, 6) is 0.682. The zero-order chi connectivity index (χ0) is 17.8. The zero-order valence-electron chi connectivity index (χ0n) is 16.2. The van der Waals surface area contributed by atoms with E-state index in [0.717, 1.165) is 32.1 Å². The molecule has 5 atom stereocenters. The van der Waals surface area contributed by atoms with Gasteiger partial charge in [-0.05, 0) is 72.6 Å². The Balaban J connectivity index is 1.40. The summed E-state index contributed by atoms with van der Waals surface area (Å²) < 4.78 is 17.3. The molecule has 0 spiro atoms. The number of epoxide rings is 2. The molecule has 4 nitrogen and oxygen atoms in total. The highest BCUT2D eigenvalue weighted by Crippen LogP contribution is 2.52. The molecule has 0 amide bonds. The lowest BCUT2D eigenvalue weighted by atomic mass is 9.75. The number of rotatable bonds is 7. The molecule has 0 bridgehead atoms. The van der Waals surface area contributed by atoms with Gasteiger partial charge >= 0.3 is 5.97 Å². The second-order valence-corrected chi connectivity index (χ2v) is 9.56. The average Bonchev–Trinajstić information content (AvgIpc) is 3.29. The van der Waals surface area contributed by atoms with E-state index in [0.29, 0.717) is 30.5 Å². The molecule has 138 valence electrons. The topological polar surface area (TPSA) is 51.4 Å². The normalized spacial score (nSPS) is 38.2. The number of carbonyl (C=O) groups excluding carboxylic acids is 1. The van der Waals surface area contributed by atoms with E-state index in [-0.39, 0.29) is 17.2 Å². The molecule has 3 aliphatic rings. The summed E-state index contributed by atoms with van der Waals surface area (Å²) in [7, 11) is 0. The maximum Gasteiger partial charge on any atom is 0.306 e. The number of carbonyl (C=O) groups is 1. The molecule has 1 saturated carbocycles. The van der Waals surface area contributed by atoms with Gasteiger partial charge in [0.1, 0.15) is 5.60 Å². The monoisotopic (exact) mass is 338 g/mol. The maximum atomic E-state index is 12.4. The van der Waals surface area contributed by atoms with E-state index in [2.05, 4.69) is 41.5 Å². The number of hydrogen-bond donors (Lipinski definition) is 0. The third-order valence-electron chi connectivity index (χ3n) is 6.48. The van der Waals surface area contributed by atoms with Gasteiger partial charge in [0, 0.05) is 12.3 Å². The van der Waals surface area contributed by atoms with Crippen molar-refractivity contribution in [3.8, 4) is 0 Å². The Morgan fingerprint density at radius 2 is 1.96 bits per heavy atom. The lowest BCUT2D eigenvalue weighted by Crippen LogP contribution is -2.40. The first-order valence-electron chi connectivity index (χ1n) is 9.59. The lowest BCUT2D eigenvalue weighted by molar-refractivity contribution is -0.164. The fourth-order valence-electron chi connectivity index (χ4n) is 4.26. The van der Waals surface area contributed by atoms with E-state index in [1.54, 1.807) is 0 Å². The van der Waals surface area contributed by atoms with Gasteiger partial charge in [-0.15, -0.1) is 0 Å². The molecular formula is C20H34O4. The molecule has 2 heterocycles. The lowest BCUT2D eigenvalue weighted by Gasteiger charge is -2.36. The summed E-state index contributed by atoms with van der Waals surface area (Å²) in [4.78, 5) is 12.4. The quantitative estimate of drug-likeness (QED) is 0.514. The third kappa shape index (κ3) is 3.96. The standard InChI is InChI=1S/C20H34O4/c1-13(7-8-15-19(4,5)22-15)11-17(21)24-18(2,3)14-9-10-20(6)16(12-14)23-20/h13-16H,7-12H2,1-6H3. The van der Waals surface area contributed by atoms with Crippen LogP contribution in [-0.2, 0) is 19.0 Å². The molecular weight excluding hydrogens is 304 g/mol. The molecule has 0 aromatic heterocycles. The Kier molecular flexibility index (Phi) is 4.53. The Bertz CT molecular complexity index is 498. The van der Waals surface area contributed by atoms with Gasteiger partial charge in [-0.3, -0.25) is 4.79 Å². The van der Waals surface area contributed by atoms with Crippen LogP contribution >= 0.6 is 0 Å². The molecule has 0 radical (unpaired) electrons. The molecule has 0 N–H and O–H groups in total. The van der Waals surface area contributed by atoms with E-state index < -0.39 is 5.60 Å². The van der Waals surface area contributed by atoms with Crippen molar-refractivity contribution in [1.82, 2.24) is 0 Å². The number of ether oxygens (including phenoxy) is 3. The van der Waals surface area contributed by atoms with Crippen molar-refractivity contribution < 1.29 is 19.0 Å². The molecule has 5 unspecified atom stereocenters. The Morgan fingerprint density at radius 3 is 2.54 bits per heavy atom. The van der Waals surface area contributed by atoms with Gasteiger partial charge in [0.05, 0.1) is 23.4 Å². The van der Waals surface area contributed by atoms with Crippen LogP contribution in [0.3, 0.4) is 0 Å². The van der Waals surface area contributed by atoms with Crippen LogP contribution in [0.2, 0.25) is 0 Å². The maximum absolute atomic E-state index is 12.4. The van der Waals surface area contributed by atoms with E-state index in [4.69, 9.17) is 14.2 Å². The highest BCUT2D eigenvalue weighted by Gasteiger charge is 2.57. The minimum absolute atomic E-state index is 0.0442. The molecule has 2 saturated heterocycles. The molecule has 3 rings (SSSR count). The van der Waals surface area contributed by atoms with Crippen molar-refractivity contribution in [3.05, 3.63) is 0 Å². The highest BCUT2D eigenvalue weighted by atomic mass is 16.6. The first-order chi connectivity index (χ1) is 11.0. The molecule has 4 heteroatoms. The predicted octanol–water partition coefficient (Wildman–Crippen LogP) is 4.25. The van der Waals surface area contributed by atoms with Crippen LogP contribution in [0, 0.1) is 11.8 Å². The SMILES string of the molecule is CC(CCC1OC1(C)C)CC(=O)OC(C)(C)C1CCC2(C)OC2C1. The largest absolute Gasteiger partial charge is 0.459 e.